The Kier molecular flexibility index (Phi) is 4.59. The molecule has 1 aromatic heterocycles. The molecule has 0 atom stereocenters. The second-order valence-electron chi connectivity index (χ2n) is 5.07. The third kappa shape index (κ3) is 4.09. The van der Waals surface area contributed by atoms with E-state index in [1.165, 1.54) is 0 Å². The Balaban J connectivity index is 3.10. The minimum Gasteiger partial charge on any atom is -0.478 e. The van der Waals surface area contributed by atoms with Crippen LogP contribution in [0.25, 0.3) is 0 Å². The van der Waals surface area contributed by atoms with E-state index >= 15 is 0 Å². The normalized spacial score (nSPS) is 12.3. The first kappa shape index (κ1) is 16.2. The van der Waals surface area contributed by atoms with Gasteiger partial charge in [0, 0.05) is 18.6 Å². The molecule has 0 aliphatic heterocycles. The first-order valence-corrected chi connectivity index (χ1v) is 5.73. The van der Waals surface area contributed by atoms with E-state index in [4.69, 9.17) is 10.2 Å². The summed E-state index contributed by atoms with van der Waals surface area (Å²) in [7, 11) is 0. The number of hydrogen-bond donors (Lipinski definition) is 3. The van der Waals surface area contributed by atoms with Crippen molar-refractivity contribution in [3.8, 4) is 0 Å². The summed E-state index contributed by atoms with van der Waals surface area (Å²) in [6.45, 7) is 3.22. The Morgan fingerprint density at radius 1 is 1.35 bits per heavy atom. The molecular weight excluding hydrogens is 277 g/mol. The van der Waals surface area contributed by atoms with Crippen LogP contribution in [0.2, 0.25) is 0 Å². The zero-order chi connectivity index (χ0) is 15.6. The monoisotopic (exact) mass is 292 g/mol. The Bertz CT molecular complexity index is 501. The lowest BCUT2D eigenvalue weighted by atomic mass is 9.95. The molecule has 0 spiro atoms. The van der Waals surface area contributed by atoms with Crippen LogP contribution in [0.3, 0.4) is 0 Å². The highest BCUT2D eigenvalue weighted by Gasteiger charge is 2.33. The summed E-state index contributed by atoms with van der Waals surface area (Å²) in [6, 6.07) is 1.47. The van der Waals surface area contributed by atoms with Crippen molar-refractivity contribution in [2.75, 3.05) is 18.5 Å². The van der Waals surface area contributed by atoms with Crippen LogP contribution in [0.4, 0.5) is 19.0 Å². The molecule has 0 amide bonds. The second kappa shape index (κ2) is 5.66. The standard InChI is InChI=1S/C12H15F3N2O3/c1-11(2,6-18)5-16-9-7(10(19)20)3-4-8(17-9)12(13,14)15/h3-4,18H,5-6H2,1-2H3,(H,16,17)(H,19,20). The van der Waals surface area contributed by atoms with E-state index in [0.717, 1.165) is 6.07 Å². The van der Waals surface area contributed by atoms with Crippen molar-refractivity contribution in [2.45, 2.75) is 20.0 Å². The number of hydrogen-bond acceptors (Lipinski definition) is 4. The van der Waals surface area contributed by atoms with E-state index < -0.39 is 23.3 Å². The molecule has 20 heavy (non-hydrogen) atoms. The number of aliphatic hydroxyl groups excluding tert-OH is 1. The van der Waals surface area contributed by atoms with Gasteiger partial charge >= 0.3 is 12.1 Å². The van der Waals surface area contributed by atoms with Crippen molar-refractivity contribution in [3.05, 3.63) is 23.4 Å². The molecule has 0 aliphatic carbocycles. The Morgan fingerprint density at radius 2 is 1.95 bits per heavy atom. The molecule has 112 valence electrons. The smallest absolute Gasteiger partial charge is 0.433 e. The maximum atomic E-state index is 12.6. The van der Waals surface area contributed by atoms with Gasteiger partial charge in [-0.25, -0.2) is 9.78 Å². The maximum absolute atomic E-state index is 12.6. The van der Waals surface area contributed by atoms with Gasteiger partial charge in [0.1, 0.15) is 17.1 Å². The largest absolute Gasteiger partial charge is 0.478 e. The lowest BCUT2D eigenvalue weighted by Gasteiger charge is -2.23. The number of carbonyl (C=O) groups is 1. The van der Waals surface area contributed by atoms with E-state index in [9.17, 15) is 18.0 Å². The lowest BCUT2D eigenvalue weighted by Crippen LogP contribution is -2.28. The number of anilines is 1. The van der Waals surface area contributed by atoms with Crippen LogP contribution in [0.1, 0.15) is 29.9 Å². The lowest BCUT2D eigenvalue weighted by molar-refractivity contribution is -0.141. The number of carboxylic acids is 1. The number of pyridine rings is 1. The van der Waals surface area contributed by atoms with Crippen LogP contribution >= 0.6 is 0 Å². The average Bonchev–Trinajstić information content (AvgIpc) is 2.35. The van der Waals surface area contributed by atoms with Gasteiger partial charge in [0.05, 0.1) is 0 Å². The minimum absolute atomic E-state index is 0.0814. The SMILES string of the molecule is CC(C)(CO)CNc1nc(C(F)(F)F)ccc1C(=O)O. The van der Waals surface area contributed by atoms with Crippen molar-refractivity contribution in [1.82, 2.24) is 4.98 Å². The highest BCUT2D eigenvalue weighted by molar-refractivity contribution is 5.93. The van der Waals surface area contributed by atoms with Crippen LogP contribution < -0.4 is 5.32 Å². The highest BCUT2D eigenvalue weighted by atomic mass is 19.4. The second-order valence-corrected chi connectivity index (χ2v) is 5.07. The van der Waals surface area contributed by atoms with E-state index in [0.29, 0.717) is 6.07 Å². The first-order valence-electron chi connectivity index (χ1n) is 5.73. The third-order valence-electron chi connectivity index (χ3n) is 2.58. The van der Waals surface area contributed by atoms with Gasteiger partial charge in [0.2, 0.25) is 0 Å². The summed E-state index contributed by atoms with van der Waals surface area (Å²) < 4.78 is 37.7. The zero-order valence-electron chi connectivity index (χ0n) is 11.0. The summed E-state index contributed by atoms with van der Waals surface area (Å²) in [4.78, 5) is 14.3. The molecular formula is C12H15F3N2O3. The minimum atomic E-state index is -4.65. The average molecular weight is 292 g/mol. The Morgan fingerprint density at radius 3 is 2.40 bits per heavy atom. The summed E-state index contributed by atoms with van der Waals surface area (Å²) in [5.41, 5.74) is -2.15. The summed E-state index contributed by atoms with van der Waals surface area (Å²) >= 11 is 0. The van der Waals surface area contributed by atoms with Crippen molar-refractivity contribution >= 4 is 11.8 Å². The Labute approximate surface area is 113 Å². The van der Waals surface area contributed by atoms with Crippen molar-refractivity contribution in [3.63, 3.8) is 0 Å². The van der Waals surface area contributed by atoms with E-state index in [1.54, 1.807) is 13.8 Å². The van der Waals surface area contributed by atoms with Gasteiger partial charge in [-0.3, -0.25) is 0 Å². The highest BCUT2D eigenvalue weighted by Crippen LogP contribution is 2.29. The van der Waals surface area contributed by atoms with Gasteiger partial charge in [0.15, 0.2) is 0 Å². The molecule has 1 aromatic rings. The molecule has 0 bridgehead atoms. The number of aliphatic hydroxyl groups is 1. The van der Waals surface area contributed by atoms with Crippen LogP contribution in [0, 0.1) is 5.41 Å². The van der Waals surface area contributed by atoms with E-state index in [1.807, 2.05) is 0 Å². The predicted molar refractivity (Wildman–Crippen MR) is 65.6 cm³/mol. The topological polar surface area (TPSA) is 82.5 Å². The van der Waals surface area contributed by atoms with Crippen LogP contribution in [0.15, 0.2) is 12.1 Å². The van der Waals surface area contributed by atoms with E-state index in [-0.39, 0.29) is 24.5 Å². The van der Waals surface area contributed by atoms with Crippen molar-refractivity contribution < 1.29 is 28.2 Å². The molecule has 0 radical (unpaired) electrons. The van der Waals surface area contributed by atoms with Gasteiger partial charge in [-0.1, -0.05) is 13.8 Å². The molecule has 0 saturated heterocycles. The molecule has 8 heteroatoms. The zero-order valence-corrected chi connectivity index (χ0v) is 11.0. The molecule has 5 nitrogen and oxygen atoms in total. The molecule has 3 N–H and O–H groups in total. The number of aromatic nitrogens is 1. The molecule has 1 heterocycles. The fourth-order valence-electron chi connectivity index (χ4n) is 1.30. The Hall–Kier alpha value is -1.83. The number of nitrogens with one attached hydrogen (secondary N) is 1. The number of nitrogens with zero attached hydrogens (tertiary/aromatic N) is 1. The number of carboxylic acid groups (broad SMARTS) is 1. The summed E-state index contributed by atoms with van der Waals surface area (Å²) in [5, 5.41) is 20.6. The van der Waals surface area contributed by atoms with Crippen molar-refractivity contribution in [2.24, 2.45) is 5.41 Å². The first-order chi connectivity index (χ1) is 9.07. The van der Waals surface area contributed by atoms with Crippen LogP contribution in [-0.2, 0) is 6.18 Å². The van der Waals surface area contributed by atoms with Crippen LogP contribution in [-0.4, -0.2) is 34.3 Å². The summed E-state index contributed by atoms with van der Waals surface area (Å²) in [5.74, 6) is -1.75. The molecule has 0 aromatic carbocycles. The quantitative estimate of drug-likeness (QED) is 0.775. The third-order valence-corrected chi connectivity index (χ3v) is 2.58. The van der Waals surface area contributed by atoms with Crippen molar-refractivity contribution in [1.29, 1.82) is 0 Å². The number of aromatic carboxylic acids is 1. The molecule has 1 rings (SSSR count). The van der Waals surface area contributed by atoms with Gasteiger partial charge in [-0.15, -0.1) is 0 Å². The molecule has 0 saturated carbocycles. The fourth-order valence-corrected chi connectivity index (χ4v) is 1.30. The van der Waals surface area contributed by atoms with Gasteiger partial charge in [-0.05, 0) is 12.1 Å². The van der Waals surface area contributed by atoms with Gasteiger partial charge in [-0.2, -0.15) is 13.2 Å². The molecule has 0 aliphatic rings. The number of halogens is 3. The fraction of sp³-hybridized carbons (Fsp3) is 0.500. The maximum Gasteiger partial charge on any atom is 0.433 e. The van der Waals surface area contributed by atoms with Gasteiger partial charge in [0.25, 0.3) is 0 Å². The summed E-state index contributed by atoms with van der Waals surface area (Å²) in [6.07, 6.45) is -4.65. The van der Waals surface area contributed by atoms with Crippen LogP contribution in [0.5, 0.6) is 0 Å². The predicted octanol–water partition coefficient (Wildman–Crippen LogP) is 2.23. The molecule has 0 fully saturated rings. The number of alkyl halides is 3. The molecule has 0 unspecified atom stereocenters. The van der Waals surface area contributed by atoms with E-state index in [2.05, 4.69) is 10.3 Å². The number of rotatable bonds is 5. The van der Waals surface area contributed by atoms with Gasteiger partial charge < -0.3 is 15.5 Å².